The number of nitrogens with two attached hydrogens (primary N) is 2. The van der Waals surface area contributed by atoms with Crippen molar-refractivity contribution in [3.8, 4) is 0 Å². The minimum absolute atomic E-state index is 0.0170. The van der Waals surface area contributed by atoms with Gasteiger partial charge in [-0.05, 0) is 74.9 Å². The van der Waals surface area contributed by atoms with Crippen molar-refractivity contribution in [1.82, 2.24) is 79.4 Å². The number of unbranched alkanes of at least 4 members (excludes halogenated alkanes) is 6. The maximum Gasteiger partial charge on any atom is 0.329 e. The molecule has 1 aliphatic rings. The van der Waals surface area contributed by atoms with Crippen LogP contribution in [0.25, 0.3) is 10.9 Å². The average Bonchev–Trinajstić information content (AvgIpc) is 1.78. The van der Waals surface area contributed by atoms with Crippen LogP contribution >= 0.6 is 0 Å². The minimum atomic E-state index is -2.49. The number of nitro groups is 1. The highest BCUT2D eigenvalue weighted by molar-refractivity contribution is 6.05. The second-order valence-electron chi connectivity index (χ2n) is 29.6. The molecule has 3 aromatic carbocycles. The monoisotopic (exact) mass is 1750 g/mol. The predicted molar refractivity (Wildman–Crippen MR) is 436 cm³/mol. The lowest BCUT2D eigenvalue weighted by Crippen LogP contribution is -2.62. The third-order valence-electron chi connectivity index (χ3n) is 19.5. The van der Waals surface area contributed by atoms with Crippen molar-refractivity contribution >= 4 is 141 Å². The first-order valence-electron chi connectivity index (χ1n) is 39.9. The lowest BCUT2D eigenvalue weighted by molar-refractivity contribution is -0.384. The largest absolute Gasteiger partial charge is 0.481 e. The number of non-ortho nitro benzene ring substituents is 1. The summed E-state index contributed by atoms with van der Waals surface area (Å²) in [5, 5.41) is 93.7. The highest BCUT2D eigenvalue weighted by atomic mass is 16.6. The molecule has 46 nitrogen and oxygen atoms in total. The van der Waals surface area contributed by atoms with E-state index >= 15 is 0 Å². The molecule has 46 heteroatoms. The number of ketones is 1. The number of carbonyl (C=O) groups excluding carboxylic acids is 16. The third-order valence-corrected chi connectivity index (χ3v) is 19.5. The summed E-state index contributed by atoms with van der Waals surface area (Å²) in [4.78, 5) is 290. The molecule has 1 aliphatic heterocycles. The molecule has 2 heterocycles. The van der Waals surface area contributed by atoms with Crippen molar-refractivity contribution < 1.29 is 131 Å². The number of cyclic esters (lactones) is 1. The molecule has 125 heavy (non-hydrogen) atoms. The summed E-state index contributed by atoms with van der Waals surface area (Å²) >= 11 is 0. The number of nitrogens with one attached hydrogen (secondary N) is 15. The van der Waals surface area contributed by atoms with E-state index in [1.54, 1.807) is 30.5 Å². The number of nitrogens with zero attached hydrogens (tertiary/aromatic N) is 1. The summed E-state index contributed by atoms with van der Waals surface area (Å²) in [7, 11) is 0. The predicted octanol–water partition coefficient (Wildman–Crippen LogP) is -3.88. The molecule has 0 spiro atoms. The van der Waals surface area contributed by atoms with Gasteiger partial charge >= 0.3 is 29.8 Å². The zero-order valence-corrected chi connectivity index (χ0v) is 68.8. The quantitative estimate of drug-likeness (QED) is 0.00507. The van der Waals surface area contributed by atoms with Gasteiger partial charge in [-0.3, -0.25) is 101 Å². The van der Waals surface area contributed by atoms with Gasteiger partial charge in [0.05, 0.1) is 56.7 Å². The average molecular weight is 1760 g/mol. The van der Waals surface area contributed by atoms with E-state index in [1.165, 1.54) is 48.5 Å². The lowest BCUT2D eigenvalue weighted by Gasteiger charge is -2.30. The van der Waals surface area contributed by atoms with Gasteiger partial charge in [0.15, 0.2) is 5.78 Å². The van der Waals surface area contributed by atoms with Crippen LogP contribution in [0.1, 0.15) is 152 Å². The molecule has 13 atom stereocenters. The first-order chi connectivity index (χ1) is 59.2. The van der Waals surface area contributed by atoms with Crippen LogP contribution in [-0.4, -0.2) is 253 Å². The molecule has 4 aromatic rings. The molecule has 14 amide bonds. The number of ether oxygens (including phenoxy) is 1. The van der Waals surface area contributed by atoms with Crippen LogP contribution in [0.4, 0.5) is 11.4 Å². The van der Waals surface area contributed by atoms with E-state index in [9.17, 15) is 132 Å². The maximum absolute atomic E-state index is 15.0. The lowest BCUT2D eigenvalue weighted by atomic mass is 9.96. The normalized spacial score (nSPS) is 20.4. The number of carboxylic acid groups (broad SMARTS) is 4. The number of fused-ring (bicyclic) bond motifs is 1. The van der Waals surface area contributed by atoms with Crippen LogP contribution in [0, 0.1) is 16.0 Å². The van der Waals surface area contributed by atoms with Crippen LogP contribution in [-0.2, 0) is 109 Å². The van der Waals surface area contributed by atoms with E-state index in [-0.39, 0.29) is 49.3 Å². The van der Waals surface area contributed by atoms with E-state index in [1.807, 2.05) is 16.0 Å². The summed E-state index contributed by atoms with van der Waals surface area (Å²) in [6.07, 6.45) is -2.75. The molecular weight excluding hydrogens is 1650 g/mol. The fourth-order valence-electron chi connectivity index (χ4n) is 12.9. The molecule has 1 aromatic heterocycles. The molecule has 1 saturated heterocycles. The van der Waals surface area contributed by atoms with Gasteiger partial charge in [-0.2, -0.15) is 0 Å². The number of aromatic nitrogens is 1. The molecule has 0 radical (unpaired) electrons. The molecule has 0 bridgehead atoms. The molecule has 5 rings (SSSR count). The molecular formula is C79H106N18O28. The maximum atomic E-state index is 15.0. The Labute approximate surface area is 713 Å². The number of H-pyrrole nitrogens is 1. The number of Topliss-reactive ketones (excluding diaryl/α,β-unsaturated/α-hetero) is 1. The number of esters is 1. The SMILES string of the molecule is CCCCCCCCCC(=O)NC(Cc1c[nH]c2ccccc12)C(=O)NC(CC(N)=O)C(=O)NC(CC(=O)O)C(=O)NC1C(=O)NCC(=O)NC(CCCNCc2cccc([N+](=O)[O-])c2)C(=O)NC(CC(=O)O)C(=O)NC(C)C(=O)NC(CC(=O)O)C(=O)NCC(=O)NC(CO)C(=O)NC(C(C)CC(=O)O)C(=O)NC(CC(=O)c2ccccc2N)C(=O)OC1C. The Hall–Kier alpha value is -14.1. The number of para-hydroxylation sites is 2. The van der Waals surface area contributed by atoms with Crippen LogP contribution in [0.3, 0.4) is 0 Å². The van der Waals surface area contributed by atoms with Gasteiger partial charge in [-0.1, -0.05) is 94.8 Å². The number of nitrogen functional groups attached to an aromatic ring is 1. The number of aliphatic carboxylic acids is 4. The number of primary amides is 1. The highest BCUT2D eigenvalue weighted by Gasteiger charge is 2.41. The van der Waals surface area contributed by atoms with Crippen molar-refractivity contribution in [2.45, 2.75) is 216 Å². The number of carboxylic acids is 4. The van der Waals surface area contributed by atoms with Gasteiger partial charge in [0.2, 0.25) is 82.7 Å². The zero-order valence-electron chi connectivity index (χ0n) is 68.8. The van der Waals surface area contributed by atoms with Gasteiger partial charge in [0, 0.05) is 66.3 Å². The van der Waals surface area contributed by atoms with Gasteiger partial charge in [0.1, 0.15) is 72.6 Å². The second-order valence-corrected chi connectivity index (χ2v) is 29.6. The number of anilines is 1. The number of carbonyl (C=O) groups is 20. The number of aliphatic hydroxyl groups is 1. The first kappa shape index (κ1) is 101. The fourth-order valence-corrected chi connectivity index (χ4v) is 12.9. The number of benzene rings is 3. The molecule has 1 fully saturated rings. The van der Waals surface area contributed by atoms with Crippen molar-refractivity contribution in [3.05, 3.63) is 106 Å². The summed E-state index contributed by atoms with van der Waals surface area (Å²) < 4.78 is 5.72. The Morgan fingerprint density at radius 1 is 0.576 bits per heavy atom. The molecule has 24 N–H and O–H groups in total. The van der Waals surface area contributed by atoms with Gasteiger partial charge < -0.3 is 121 Å². The van der Waals surface area contributed by atoms with Crippen LogP contribution in [0.2, 0.25) is 0 Å². The number of hydrogen-bond donors (Lipinski definition) is 22. The van der Waals surface area contributed by atoms with Crippen LogP contribution in [0.15, 0.2) is 79.0 Å². The Kier molecular flexibility index (Phi) is 41.4. The van der Waals surface area contributed by atoms with Crippen LogP contribution in [0.5, 0.6) is 0 Å². The molecule has 0 saturated carbocycles. The fraction of sp³-hybridized carbons (Fsp3) is 0.494. The number of aliphatic hydroxyl groups excluding tert-OH is 1. The van der Waals surface area contributed by atoms with E-state index < -0.39 is 266 Å². The summed E-state index contributed by atoms with van der Waals surface area (Å²) in [5.41, 5.74) is 12.5. The van der Waals surface area contributed by atoms with Gasteiger partial charge in [-0.25, -0.2) is 4.79 Å². The topological polar surface area (TPSA) is 731 Å². The zero-order chi connectivity index (χ0) is 92.7. The molecule has 0 aliphatic carbocycles. The van der Waals surface area contributed by atoms with Crippen molar-refractivity contribution in [2.75, 3.05) is 32.0 Å². The number of amides is 14. The number of nitro benzene ring substituents is 1. The number of rotatable bonds is 39. The Balaban J connectivity index is 1.63. The minimum Gasteiger partial charge on any atom is -0.481 e. The Morgan fingerprint density at radius 2 is 1.14 bits per heavy atom. The Bertz CT molecular complexity index is 4600. The number of aromatic amines is 1. The Morgan fingerprint density at radius 3 is 1.77 bits per heavy atom. The summed E-state index contributed by atoms with van der Waals surface area (Å²) in [6, 6.07) is -5.62. The van der Waals surface area contributed by atoms with Gasteiger partial charge in [0.25, 0.3) is 5.69 Å². The molecule has 680 valence electrons. The van der Waals surface area contributed by atoms with Crippen LogP contribution < -0.4 is 85.9 Å². The van der Waals surface area contributed by atoms with Crippen molar-refractivity contribution in [2.24, 2.45) is 11.7 Å². The van der Waals surface area contributed by atoms with Gasteiger partial charge in [-0.15, -0.1) is 0 Å². The standard InChI is InChI=1S/C79H106N18O28/c1-5-6-7-8-9-10-11-25-60(101)88-51(29-44-36-83-49-23-15-13-20-46(44)49)73(116)91-52(31-59(81)100)74(117)93-55(34-66(110)111)75(118)96-68-42(4)125-79(122)56(30-58(99)47-21-12-14-22-48(47)80)94-78(121)67(40(2)27-63(104)105)95-76(119)57(39-98)89-62(103)37-84-70(113)53(32-64(106)107)90-69(112)41(3)86-72(115)54(33-65(108)109)92-71(114)50(87-61(102)38-85-77(68)120)24-17-26-82-35-43-18-16-19-45(28-43)97(123)124/h12-16,18-23,28,36,40-42,50-57,67-68,82-83,98H,5-11,17,24-27,29-35,37-39,80H2,1-4H3,(H2,81,100)(H,84,113)(H,85,120)(H,86,115)(H,87,102)(H,88,101)(H,89,103)(H,90,112)(H,91,116)(H,92,114)(H,93,117)(H,94,121)(H,95,119)(H,96,118)(H,104,105)(H,106,107)(H,108,109)(H,110,111). The smallest absolute Gasteiger partial charge is 0.329 e. The highest BCUT2D eigenvalue weighted by Crippen LogP contribution is 2.22. The number of hydrogen-bond acceptors (Lipinski definition) is 26. The van der Waals surface area contributed by atoms with E-state index in [0.29, 0.717) is 34.9 Å². The summed E-state index contributed by atoms with van der Waals surface area (Å²) in [6.45, 7) is 1.08. The van der Waals surface area contributed by atoms with E-state index in [2.05, 4.69) is 70.4 Å². The van der Waals surface area contributed by atoms with Crippen molar-refractivity contribution in [1.29, 1.82) is 0 Å². The van der Waals surface area contributed by atoms with E-state index in [0.717, 1.165) is 52.9 Å². The summed E-state index contributed by atoms with van der Waals surface area (Å²) in [5.74, 6) is -30.2. The first-order valence-corrected chi connectivity index (χ1v) is 39.9. The van der Waals surface area contributed by atoms with E-state index in [4.69, 9.17) is 16.2 Å². The molecule has 13 unspecified atom stereocenters. The van der Waals surface area contributed by atoms with Crippen molar-refractivity contribution in [3.63, 3.8) is 0 Å². The third kappa shape index (κ3) is 34.8. The second kappa shape index (κ2) is 51.0.